The minimum absolute atomic E-state index is 0.00527. The Bertz CT molecular complexity index is 1260. The van der Waals surface area contributed by atoms with Gasteiger partial charge in [-0.3, -0.25) is 4.79 Å². The molecule has 3 aromatic rings. The summed E-state index contributed by atoms with van der Waals surface area (Å²) < 4.78 is 86.2. The van der Waals surface area contributed by atoms with Gasteiger partial charge in [0, 0.05) is 25.7 Å². The number of anilines is 3. The van der Waals surface area contributed by atoms with Crippen LogP contribution >= 0.6 is 0 Å². The number of nitrogens with one attached hydrogen (secondary N) is 2. The largest absolute Gasteiger partial charge is 0.474 e. The maximum atomic E-state index is 12.9. The van der Waals surface area contributed by atoms with Gasteiger partial charge >= 0.3 is 12.4 Å². The summed E-state index contributed by atoms with van der Waals surface area (Å²) >= 11 is 0. The number of ether oxygens (including phenoxy) is 1. The van der Waals surface area contributed by atoms with Gasteiger partial charge in [0.1, 0.15) is 11.7 Å². The van der Waals surface area contributed by atoms with Crippen molar-refractivity contribution in [2.45, 2.75) is 44.6 Å². The molecule has 0 aliphatic carbocycles. The molecule has 0 atom stereocenters. The van der Waals surface area contributed by atoms with Crippen LogP contribution in [0.1, 0.15) is 41.0 Å². The Morgan fingerprint density at radius 2 is 1.82 bits per heavy atom. The quantitative estimate of drug-likeness (QED) is 0.369. The monoisotopic (exact) mass is 559 g/mol. The highest BCUT2D eigenvalue weighted by atomic mass is 19.4. The molecule has 1 aliphatic heterocycles. The molecule has 210 valence electrons. The standard InChI is InChI=1S/C23H23F6N7O3/c1-13-19(21(39-35-13)34-17-12-30-16(11-31-17)23(27,28)29)20(37)33-14-2-3-18(32-10-14)38-15-4-7-36(8-5-15)9-6-22(24,25)26/h2-3,10-12,15H,4-9H2,1H3,(H,31,34)(H,33,37). The van der Waals surface area contributed by atoms with Gasteiger partial charge in [0.15, 0.2) is 11.5 Å². The van der Waals surface area contributed by atoms with Crippen LogP contribution in [0.4, 0.5) is 43.7 Å². The number of halogens is 6. The highest BCUT2D eigenvalue weighted by Gasteiger charge is 2.33. The Labute approximate surface area is 217 Å². The third kappa shape index (κ3) is 7.78. The molecule has 39 heavy (non-hydrogen) atoms. The second-order valence-electron chi connectivity index (χ2n) is 8.75. The fraction of sp³-hybridized carbons (Fsp3) is 0.435. The number of nitrogens with zero attached hydrogens (tertiary/aromatic N) is 5. The first-order valence-electron chi connectivity index (χ1n) is 11.7. The van der Waals surface area contributed by atoms with E-state index >= 15 is 0 Å². The number of likely N-dealkylation sites (tertiary alicyclic amines) is 1. The Hall–Kier alpha value is -3.95. The van der Waals surface area contributed by atoms with Crippen molar-refractivity contribution in [3.8, 4) is 5.88 Å². The van der Waals surface area contributed by atoms with Crippen LogP contribution in [0.3, 0.4) is 0 Å². The first-order chi connectivity index (χ1) is 18.4. The van der Waals surface area contributed by atoms with Crippen LogP contribution in [0.2, 0.25) is 0 Å². The average molecular weight is 559 g/mol. The number of carbonyl (C=O) groups is 1. The van der Waals surface area contributed by atoms with E-state index in [1.54, 1.807) is 17.0 Å². The summed E-state index contributed by atoms with van der Waals surface area (Å²) in [4.78, 5) is 25.7. The lowest BCUT2D eigenvalue weighted by Crippen LogP contribution is -2.39. The summed E-state index contributed by atoms with van der Waals surface area (Å²) in [6, 6.07) is 3.10. The topological polar surface area (TPSA) is 118 Å². The first kappa shape index (κ1) is 28.1. The maximum absolute atomic E-state index is 12.9. The molecule has 1 fully saturated rings. The molecule has 2 N–H and O–H groups in total. The van der Waals surface area contributed by atoms with Gasteiger partial charge in [-0.1, -0.05) is 5.16 Å². The lowest BCUT2D eigenvalue weighted by atomic mass is 10.1. The number of amides is 1. The van der Waals surface area contributed by atoms with Gasteiger partial charge in [-0.25, -0.2) is 15.0 Å². The molecular weight excluding hydrogens is 536 g/mol. The van der Waals surface area contributed by atoms with Crippen molar-refractivity contribution in [1.82, 2.24) is 25.0 Å². The summed E-state index contributed by atoms with van der Waals surface area (Å²) in [5, 5.41) is 8.93. The minimum atomic E-state index is -4.65. The Morgan fingerprint density at radius 3 is 2.41 bits per heavy atom. The Kier molecular flexibility index (Phi) is 8.22. The van der Waals surface area contributed by atoms with Crippen LogP contribution < -0.4 is 15.4 Å². The van der Waals surface area contributed by atoms with Crippen LogP contribution in [0.15, 0.2) is 35.2 Å². The molecule has 4 rings (SSSR count). The normalized spacial score (nSPS) is 15.3. The van der Waals surface area contributed by atoms with Crippen molar-refractivity contribution in [3.63, 3.8) is 0 Å². The molecule has 1 amide bonds. The van der Waals surface area contributed by atoms with Crippen molar-refractivity contribution in [1.29, 1.82) is 0 Å². The fourth-order valence-electron chi connectivity index (χ4n) is 3.80. The fourth-order valence-corrected chi connectivity index (χ4v) is 3.80. The van der Waals surface area contributed by atoms with Crippen LogP contribution in [0.25, 0.3) is 0 Å². The third-order valence-electron chi connectivity index (χ3n) is 5.80. The van der Waals surface area contributed by atoms with E-state index in [9.17, 15) is 31.1 Å². The second kappa shape index (κ2) is 11.4. The van der Waals surface area contributed by atoms with E-state index in [2.05, 4.69) is 30.7 Å². The Morgan fingerprint density at radius 1 is 1.08 bits per heavy atom. The number of piperidine rings is 1. The zero-order chi connectivity index (χ0) is 28.2. The summed E-state index contributed by atoms with van der Waals surface area (Å²) in [5.41, 5.74) is -0.653. The first-order valence-corrected chi connectivity index (χ1v) is 11.7. The molecule has 1 saturated heterocycles. The number of aryl methyl sites for hydroxylation is 1. The van der Waals surface area contributed by atoms with E-state index in [1.807, 2.05) is 0 Å². The smallest absolute Gasteiger partial charge is 0.434 e. The molecular formula is C23H23F6N7O3. The lowest BCUT2D eigenvalue weighted by molar-refractivity contribution is -0.141. The van der Waals surface area contributed by atoms with Crippen LogP contribution in [0, 0.1) is 6.92 Å². The van der Waals surface area contributed by atoms with Crippen molar-refractivity contribution in [2.24, 2.45) is 0 Å². The van der Waals surface area contributed by atoms with E-state index in [4.69, 9.17) is 9.26 Å². The van der Waals surface area contributed by atoms with Gasteiger partial charge in [0.05, 0.1) is 36.4 Å². The molecule has 10 nitrogen and oxygen atoms in total. The van der Waals surface area contributed by atoms with Gasteiger partial charge in [-0.2, -0.15) is 26.3 Å². The summed E-state index contributed by atoms with van der Waals surface area (Å²) in [5.74, 6) is -0.569. The van der Waals surface area contributed by atoms with Crippen LogP contribution in [-0.2, 0) is 6.18 Å². The zero-order valence-electron chi connectivity index (χ0n) is 20.4. The van der Waals surface area contributed by atoms with Gasteiger partial charge in [-0.15, -0.1) is 0 Å². The molecule has 0 aromatic carbocycles. The number of hydrogen-bond donors (Lipinski definition) is 2. The number of aromatic nitrogens is 4. The van der Waals surface area contributed by atoms with Gasteiger partial charge in [0.25, 0.3) is 5.91 Å². The number of rotatable bonds is 8. The van der Waals surface area contributed by atoms with Crippen LogP contribution in [0.5, 0.6) is 5.88 Å². The van der Waals surface area contributed by atoms with Crippen molar-refractivity contribution >= 4 is 23.3 Å². The molecule has 16 heteroatoms. The molecule has 3 aromatic heterocycles. The van der Waals surface area contributed by atoms with Crippen molar-refractivity contribution < 1.29 is 40.4 Å². The minimum Gasteiger partial charge on any atom is -0.474 e. The highest BCUT2D eigenvalue weighted by Crippen LogP contribution is 2.29. The molecule has 0 saturated carbocycles. The van der Waals surface area contributed by atoms with Gasteiger partial charge in [-0.05, 0) is 25.8 Å². The molecule has 4 heterocycles. The average Bonchev–Trinajstić information content (AvgIpc) is 3.24. The summed E-state index contributed by atoms with van der Waals surface area (Å²) in [7, 11) is 0. The van der Waals surface area contributed by atoms with Crippen LogP contribution in [-0.4, -0.2) is 62.8 Å². The Balaban J connectivity index is 1.31. The van der Waals surface area contributed by atoms with Gasteiger partial charge in [0.2, 0.25) is 11.8 Å². The predicted octanol–water partition coefficient (Wildman–Crippen LogP) is 4.98. The molecule has 0 bridgehead atoms. The molecule has 0 unspecified atom stereocenters. The molecule has 0 radical (unpaired) electrons. The highest BCUT2D eigenvalue weighted by molar-refractivity contribution is 6.08. The van der Waals surface area contributed by atoms with Gasteiger partial charge < -0.3 is 24.8 Å². The SMILES string of the molecule is Cc1noc(Nc2cnc(C(F)(F)F)cn2)c1C(=O)Nc1ccc(OC2CCN(CCC(F)(F)F)CC2)nc1. The number of alkyl halides is 6. The van der Waals surface area contributed by atoms with E-state index in [0.717, 1.165) is 6.20 Å². The third-order valence-corrected chi connectivity index (χ3v) is 5.80. The molecule has 1 aliphatic rings. The predicted molar refractivity (Wildman–Crippen MR) is 125 cm³/mol. The molecule has 0 spiro atoms. The summed E-state index contributed by atoms with van der Waals surface area (Å²) in [6.45, 7) is 2.44. The zero-order valence-corrected chi connectivity index (χ0v) is 20.4. The van der Waals surface area contributed by atoms with E-state index in [1.165, 1.54) is 13.1 Å². The van der Waals surface area contributed by atoms with E-state index in [0.29, 0.717) is 43.7 Å². The van der Waals surface area contributed by atoms with E-state index in [-0.39, 0.29) is 35.6 Å². The van der Waals surface area contributed by atoms with Crippen molar-refractivity contribution in [2.75, 3.05) is 30.3 Å². The van der Waals surface area contributed by atoms with Crippen molar-refractivity contribution in [3.05, 3.63) is 47.7 Å². The van der Waals surface area contributed by atoms with E-state index < -0.39 is 30.4 Å². The number of carbonyl (C=O) groups excluding carboxylic acids is 1. The number of pyridine rings is 1. The maximum Gasteiger partial charge on any atom is 0.434 e. The lowest BCUT2D eigenvalue weighted by Gasteiger charge is -2.32. The number of hydrogen-bond acceptors (Lipinski definition) is 9. The second-order valence-corrected chi connectivity index (χ2v) is 8.75. The summed E-state index contributed by atoms with van der Waals surface area (Å²) in [6.07, 6.45) is -6.00.